The Balaban J connectivity index is 0.000000224. The van der Waals surface area contributed by atoms with Gasteiger partial charge in [-0.3, -0.25) is 4.55 Å². The zero-order chi connectivity index (χ0) is 13.7. The summed E-state index contributed by atoms with van der Waals surface area (Å²) in [4.78, 5) is 2.79. The summed E-state index contributed by atoms with van der Waals surface area (Å²) in [5.74, 6) is 0. The van der Waals surface area contributed by atoms with Gasteiger partial charge in [-0.1, -0.05) is 30.3 Å². The van der Waals surface area contributed by atoms with Crippen LogP contribution in [-0.2, 0) is 10.1 Å². The molecule has 0 fully saturated rings. The smallest absolute Gasteiger partial charge is 0.294 e. The number of nitrogens with one attached hydrogen (secondary N) is 1. The molecule has 1 heterocycles. The lowest BCUT2D eigenvalue weighted by Gasteiger charge is -1.99. The SMILES string of the molecule is O=S(=O)(O)c1ccc2ccccc2c1.c1cc[nH]c1. The molecule has 0 aliphatic heterocycles. The maximum atomic E-state index is 10.8. The lowest BCUT2D eigenvalue weighted by molar-refractivity contribution is 0.483. The van der Waals surface area contributed by atoms with E-state index in [0.29, 0.717) is 0 Å². The van der Waals surface area contributed by atoms with Gasteiger partial charge < -0.3 is 4.98 Å². The Labute approximate surface area is 111 Å². The second-order valence-corrected chi connectivity index (χ2v) is 5.29. The summed E-state index contributed by atoms with van der Waals surface area (Å²) in [6.45, 7) is 0. The van der Waals surface area contributed by atoms with Gasteiger partial charge in [0.2, 0.25) is 0 Å². The molecule has 5 heteroatoms. The number of aromatic nitrogens is 1. The lowest BCUT2D eigenvalue weighted by Crippen LogP contribution is -1.97. The molecule has 0 radical (unpaired) electrons. The minimum absolute atomic E-state index is 0.0730. The van der Waals surface area contributed by atoms with Crippen LogP contribution >= 0.6 is 0 Å². The molecular formula is C14H13NO3S. The van der Waals surface area contributed by atoms with Crippen LogP contribution in [0, 0.1) is 0 Å². The van der Waals surface area contributed by atoms with E-state index in [2.05, 4.69) is 4.98 Å². The van der Waals surface area contributed by atoms with Crippen molar-refractivity contribution in [1.29, 1.82) is 0 Å². The number of benzene rings is 2. The van der Waals surface area contributed by atoms with Crippen LogP contribution in [0.3, 0.4) is 0 Å². The van der Waals surface area contributed by atoms with Gasteiger partial charge in [0.1, 0.15) is 0 Å². The highest BCUT2D eigenvalue weighted by Crippen LogP contribution is 2.18. The van der Waals surface area contributed by atoms with Crippen molar-refractivity contribution in [2.24, 2.45) is 0 Å². The normalized spacial score (nSPS) is 10.8. The zero-order valence-corrected chi connectivity index (χ0v) is 10.8. The largest absolute Gasteiger partial charge is 0.368 e. The van der Waals surface area contributed by atoms with Crippen LogP contribution in [0.25, 0.3) is 10.8 Å². The van der Waals surface area contributed by atoms with Gasteiger partial charge in [-0.2, -0.15) is 8.42 Å². The molecule has 0 unspecified atom stereocenters. The maximum absolute atomic E-state index is 10.8. The lowest BCUT2D eigenvalue weighted by atomic mass is 10.1. The quantitative estimate of drug-likeness (QED) is 0.670. The standard InChI is InChI=1S/C10H8O3S.C4H5N/c11-14(12,13)10-6-5-8-3-1-2-4-9(8)7-10;1-2-4-5-3-1/h1-7H,(H,11,12,13);1-5H. The number of H-pyrrole nitrogens is 1. The van der Waals surface area contributed by atoms with Gasteiger partial charge in [0.25, 0.3) is 10.1 Å². The first-order valence-electron chi connectivity index (χ1n) is 5.61. The van der Waals surface area contributed by atoms with E-state index in [9.17, 15) is 8.42 Å². The summed E-state index contributed by atoms with van der Waals surface area (Å²) in [5.41, 5.74) is 0. The number of rotatable bonds is 1. The van der Waals surface area contributed by atoms with Gasteiger partial charge in [-0.15, -0.1) is 0 Å². The summed E-state index contributed by atoms with van der Waals surface area (Å²) in [6, 6.07) is 15.7. The Morgan fingerprint density at radius 1 is 0.842 bits per heavy atom. The van der Waals surface area contributed by atoms with E-state index in [-0.39, 0.29) is 4.90 Å². The molecule has 19 heavy (non-hydrogen) atoms. The van der Waals surface area contributed by atoms with Crippen molar-refractivity contribution in [3.05, 3.63) is 67.0 Å². The molecular weight excluding hydrogens is 262 g/mol. The first-order valence-corrected chi connectivity index (χ1v) is 7.05. The topological polar surface area (TPSA) is 70.2 Å². The number of hydrogen-bond donors (Lipinski definition) is 2. The molecule has 0 saturated carbocycles. The third kappa shape index (κ3) is 3.67. The van der Waals surface area contributed by atoms with Crippen molar-refractivity contribution < 1.29 is 13.0 Å². The fourth-order valence-corrected chi connectivity index (χ4v) is 2.12. The Morgan fingerprint density at radius 3 is 2.00 bits per heavy atom. The molecule has 4 nitrogen and oxygen atoms in total. The van der Waals surface area contributed by atoms with Gasteiger partial charge >= 0.3 is 0 Å². The average molecular weight is 275 g/mol. The first kappa shape index (κ1) is 13.3. The summed E-state index contributed by atoms with van der Waals surface area (Å²) >= 11 is 0. The van der Waals surface area contributed by atoms with Gasteiger partial charge in [0.15, 0.2) is 0 Å². The highest BCUT2D eigenvalue weighted by Gasteiger charge is 2.08. The highest BCUT2D eigenvalue weighted by atomic mass is 32.2. The molecule has 1 aromatic heterocycles. The van der Waals surface area contributed by atoms with Crippen molar-refractivity contribution in [3.63, 3.8) is 0 Å². The van der Waals surface area contributed by atoms with Crippen molar-refractivity contribution in [2.75, 3.05) is 0 Å². The number of aromatic amines is 1. The predicted molar refractivity (Wildman–Crippen MR) is 74.6 cm³/mol. The fourth-order valence-electron chi connectivity index (χ4n) is 1.61. The van der Waals surface area contributed by atoms with E-state index in [0.717, 1.165) is 10.8 Å². The van der Waals surface area contributed by atoms with Crippen molar-refractivity contribution in [1.82, 2.24) is 4.98 Å². The molecule has 0 saturated heterocycles. The van der Waals surface area contributed by atoms with Crippen LogP contribution < -0.4 is 0 Å². The summed E-state index contributed by atoms with van der Waals surface area (Å²) < 4.78 is 30.5. The van der Waals surface area contributed by atoms with E-state index in [1.165, 1.54) is 12.1 Å². The molecule has 0 aliphatic rings. The Kier molecular flexibility index (Phi) is 3.99. The van der Waals surface area contributed by atoms with Crippen LogP contribution in [0.4, 0.5) is 0 Å². The molecule has 0 bridgehead atoms. The molecule has 3 aromatic rings. The Morgan fingerprint density at radius 2 is 1.47 bits per heavy atom. The summed E-state index contributed by atoms with van der Waals surface area (Å²) in [6.07, 6.45) is 3.75. The second-order valence-electron chi connectivity index (χ2n) is 3.87. The zero-order valence-electron chi connectivity index (χ0n) is 10.0. The third-order valence-electron chi connectivity index (χ3n) is 2.51. The number of fused-ring (bicyclic) bond motifs is 1. The van der Waals surface area contributed by atoms with Crippen LogP contribution in [0.1, 0.15) is 0 Å². The fraction of sp³-hybridized carbons (Fsp3) is 0. The van der Waals surface area contributed by atoms with E-state index in [1.54, 1.807) is 12.1 Å². The average Bonchev–Trinajstić information content (AvgIpc) is 2.96. The molecule has 2 aromatic carbocycles. The summed E-state index contributed by atoms with van der Waals surface area (Å²) in [7, 11) is -4.09. The predicted octanol–water partition coefficient (Wildman–Crippen LogP) is 3.10. The van der Waals surface area contributed by atoms with Crippen LogP contribution in [-0.4, -0.2) is 18.0 Å². The molecule has 98 valence electrons. The molecule has 3 rings (SSSR count). The Bertz CT molecular complexity index is 732. The van der Waals surface area contributed by atoms with Gasteiger partial charge in [-0.05, 0) is 35.0 Å². The van der Waals surface area contributed by atoms with E-state index in [1.807, 2.05) is 42.7 Å². The molecule has 0 amide bonds. The van der Waals surface area contributed by atoms with Crippen LogP contribution in [0.2, 0.25) is 0 Å². The molecule has 0 aliphatic carbocycles. The van der Waals surface area contributed by atoms with E-state index < -0.39 is 10.1 Å². The monoisotopic (exact) mass is 275 g/mol. The summed E-state index contributed by atoms with van der Waals surface area (Å²) in [5, 5.41) is 1.74. The second kappa shape index (κ2) is 5.69. The first-order chi connectivity index (χ1) is 9.07. The maximum Gasteiger partial charge on any atom is 0.294 e. The van der Waals surface area contributed by atoms with Crippen LogP contribution in [0.5, 0.6) is 0 Å². The van der Waals surface area contributed by atoms with Gasteiger partial charge in [0.05, 0.1) is 4.90 Å². The van der Waals surface area contributed by atoms with E-state index in [4.69, 9.17) is 4.55 Å². The highest BCUT2D eigenvalue weighted by molar-refractivity contribution is 7.85. The van der Waals surface area contributed by atoms with Crippen molar-refractivity contribution in [2.45, 2.75) is 4.90 Å². The molecule has 0 spiro atoms. The van der Waals surface area contributed by atoms with Gasteiger partial charge in [0, 0.05) is 12.4 Å². The molecule has 2 N–H and O–H groups in total. The van der Waals surface area contributed by atoms with Crippen LogP contribution in [0.15, 0.2) is 71.9 Å². The van der Waals surface area contributed by atoms with Crippen molar-refractivity contribution in [3.8, 4) is 0 Å². The number of hydrogen-bond acceptors (Lipinski definition) is 2. The van der Waals surface area contributed by atoms with Crippen molar-refractivity contribution >= 4 is 20.9 Å². The minimum Gasteiger partial charge on any atom is -0.368 e. The molecule has 0 atom stereocenters. The van der Waals surface area contributed by atoms with Gasteiger partial charge in [-0.25, -0.2) is 0 Å². The Hall–Kier alpha value is -2.11. The van der Waals surface area contributed by atoms with E-state index >= 15 is 0 Å². The minimum atomic E-state index is -4.09. The third-order valence-corrected chi connectivity index (χ3v) is 3.36.